The molecule has 1 aromatic heterocycles. The van der Waals surface area contributed by atoms with Gasteiger partial charge >= 0.3 is 0 Å². The smallest absolute Gasteiger partial charge is 0.254 e. The molecule has 2 atom stereocenters. The van der Waals surface area contributed by atoms with Crippen molar-refractivity contribution in [2.75, 3.05) is 19.7 Å². The average molecular weight is 351 g/mol. The molecule has 2 fully saturated rings. The molecular formula is C20H21N3O3. The molecule has 0 radical (unpaired) electrons. The number of likely N-dealkylation sites (tertiary alicyclic amines) is 2. The summed E-state index contributed by atoms with van der Waals surface area (Å²) in [6.45, 7) is 2.42. The second kappa shape index (κ2) is 6.21. The highest BCUT2D eigenvalue weighted by atomic mass is 16.3. The van der Waals surface area contributed by atoms with Crippen molar-refractivity contribution in [3.63, 3.8) is 0 Å². The molecule has 1 N–H and O–H groups in total. The number of hydrogen-bond acceptors (Lipinski definition) is 4. The summed E-state index contributed by atoms with van der Waals surface area (Å²) in [6.07, 6.45) is 3.18. The third-order valence-corrected chi connectivity index (χ3v) is 5.64. The second-order valence-electron chi connectivity index (χ2n) is 7.03. The van der Waals surface area contributed by atoms with E-state index in [0.717, 1.165) is 5.56 Å². The van der Waals surface area contributed by atoms with E-state index in [0.29, 0.717) is 18.7 Å². The molecule has 26 heavy (non-hydrogen) atoms. The van der Waals surface area contributed by atoms with Crippen LogP contribution in [0.5, 0.6) is 0 Å². The van der Waals surface area contributed by atoms with Gasteiger partial charge in [0.15, 0.2) is 0 Å². The number of carbonyl (C=O) groups is 2. The fourth-order valence-electron chi connectivity index (χ4n) is 4.46. The van der Waals surface area contributed by atoms with E-state index < -0.39 is 5.54 Å². The summed E-state index contributed by atoms with van der Waals surface area (Å²) in [7, 11) is 0. The topological polar surface area (TPSA) is 73.7 Å². The van der Waals surface area contributed by atoms with Crippen LogP contribution in [0.1, 0.15) is 28.8 Å². The highest BCUT2D eigenvalue weighted by Crippen LogP contribution is 2.54. The largest absolute Gasteiger partial charge is 0.394 e. The highest BCUT2D eigenvalue weighted by molar-refractivity contribution is 5.96. The number of aliphatic hydroxyl groups excluding tert-OH is 1. The van der Waals surface area contributed by atoms with Gasteiger partial charge in [-0.1, -0.05) is 30.3 Å². The first-order valence-corrected chi connectivity index (χ1v) is 8.73. The number of pyridine rings is 1. The lowest BCUT2D eigenvalue weighted by Crippen LogP contribution is -2.85. The SMILES string of the molecule is CC(=O)N1CC2(C1)[C@@H](c1ccccc1)[C@@H](CO)N2C(=O)c1ccncc1. The number of amides is 2. The number of rotatable bonds is 3. The Morgan fingerprint density at radius 3 is 2.38 bits per heavy atom. The molecular weight excluding hydrogens is 330 g/mol. The van der Waals surface area contributed by atoms with Crippen LogP contribution >= 0.6 is 0 Å². The van der Waals surface area contributed by atoms with Crippen molar-refractivity contribution in [3.8, 4) is 0 Å². The van der Waals surface area contributed by atoms with Gasteiger partial charge in [0.25, 0.3) is 5.91 Å². The monoisotopic (exact) mass is 351 g/mol. The average Bonchev–Trinajstić information content (AvgIpc) is 2.61. The summed E-state index contributed by atoms with van der Waals surface area (Å²) in [5.74, 6) is -0.108. The first kappa shape index (κ1) is 16.7. The summed E-state index contributed by atoms with van der Waals surface area (Å²) >= 11 is 0. The van der Waals surface area contributed by atoms with Gasteiger partial charge in [0.05, 0.1) is 18.2 Å². The lowest BCUT2D eigenvalue weighted by molar-refractivity contribution is -0.176. The minimum Gasteiger partial charge on any atom is -0.394 e. The maximum atomic E-state index is 13.1. The zero-order chi connectivity index (χ0) is 18.3. The lowest BCUT2D eigenvalue weighted by atomic mass is 9.60. The van der Waals surface area contributed by atoms with Crippen LogP contribution < -0.4 is 0 Å². The van der Waals surface area contributed by atoms with Crippen molar-refractivity contribution in [3.05, 3.63) is 66.0 Å². The Bertz CT molecular complexity index is 819. The molecule has 0 saturated carbocycles. The Kier molecular flexibility index (Phi) is 4.00. The summed E-state index contributed by atoms with van der Waals surface area (Å²) < 4.78 is 0. The van der Waals surface area contributed by atoms with Gasteiger partial charge in [-0.25, -0.2) is 0 Å². The maximum absolute atomic E-state index is 13.1. The molecule has 2 aromatic rings. The van der Waals surface area contributed by atoms with Crippen LogP contribution in [0.4, 0.5) is 0 Å². The Morgan fingerprint density at radius 1 is 1.15 bits per heavy atom. The number of nitrogens with zero attached hydrogens (tertiary/aromatic N) is 3. The number of aliphatic hydroxyl groups is 1. The van der Waals surface area contributed by atoms with Gasteiger partial charge in [0.1, 0.15) is 0 Å². The Labute approximate surface area is 152 Å². The minimum atomic E-state index is -0.458. The normalized spacial score (nSPS) is 23.3. The molecule has 134 valence electrons. The van der Waals surface area contributed by atoms with Crippen molar-refractivity contribution in [1.29, 1.82) is 0 Å². The van der Waals surface area contributed by atoms with E-state index >= 15 is 0 Å². The number of aromatic nitrogens is 1. The predicted octanol–water partition coefficient (Wildman–Crippen LogP) is 1.28. The minimum absolute atomic E-state index is 0.00574. The van der Waals surface area contributed by atoms with E-state index in [2.05, 4.69) is 4.98 Å². The number of benzene rings is 1. The van der Waals surface area contributed by atoms with Crippen molar-refractivity contribution < 1.29 is 14.7 Å². The van der Waals surface area contributed by atoms with E-state index in [1.165, 1.54) is 0 Å². The first-order valence-electron chi connectivity index (χ1n) is 8.73. The molecule has 1 spiro atoms. The molecule has 4 rings (SSSR count). The van der Waals surface area contributed by atoms with E-state index in [4.69, 9.17) is 0 Å². The Balaban J connectivity index is 1.71. The van der Waals surface area contributed by atoms with E-state index in [9.17, 15) is 14.7 Å². The molecule has 6 heteroatoms. The van der Waals surface area contributed by atoms with Crippen LogP contribution in [0.3, 0.4) is 0 Å². The second-order valence-corrected chi connectivity index (χ2v) is 7.03. The first-order chi connectivity index (χ1) is 12.6. The number of carbonyl (C=O) groups excluding carboxylic acids is 2. The molecule has 2 aliphatic heterocycles. The van der Waals surface area contributed by atoms with Gasteiger partial charge in [0.2, 0.25) is 5.91 Å². The summed E-state index contributed by atoms with van der Waals surface area (Å²) in [5, 5.41) is 10.0. The molecule has 2 amide bonds. The van der Waals surface area contributed by atoms with Gasteiger partial charge in [0, 0.05) is 43.9 Å². The van der Waals surface area contributed by atoms with Crippen molar-refractivity contribution in [2.45, 2.75) is 24.4 Å². The number of hydrogen-bond donors (Lipinski definition) is 1. The van der Waals surface area contributed by atoms with Gasteiger partial charge < -0.3 is 14.9 Å². The standard InChI is InChI=1S/C20H21N3O3/c1-14(25)22-12-20(13-22)18(15-5-3-2-4-6-15)17(11-24)23(20)19(26)16-7-9-21-10-8-16/h2-10,17-18,24H,11-13H2,1H3/t17-,18+/m1/s1. The molecule has 3 heterocycles. The highest BCUT2D eigenvalue weighted by Gasteiger charge is 2.67. The van der Waals surface area contributed by atoms with Gasteiger partial charge in [-0.3, -0.25) is 14.6 Å². The zero-order valence-electron chi connectivity index (χ0n) is 14.6. The molecule has 0 bridgehead atoms. The van der Waals surface area contributed by atoms with Crippen molar-refractivity contribution >= 4 is 11.8 Å². The molecule has 0 unspecified atom stereocenters. The van der Waals surface area contributed by atoms with Crippen LogP contribution in [0.25, 0.3) is 0 Å². The zero-order valence-corrected chi connectivity index (χ0v) is 14.6. The molecule has 2 saturated heterocycles. The van der Waals surface area contributed by atoms with Crippen LogP contribution in [-0.4, -0.2) is 63.0 Å². The van der Waals surface area contributed by atoms with E-state index in [1.807, 2.05) is 30.3 Å². The van der Waals surface area contributed by atoms with Crippen LogP contribution in [0, 0.1) is 0 Å². The molecule has 2 aliphatic rings. The van der Waals surface area contributed by atoms with Gasteiger partial charge in [-0.2, -0.15) is 0 Å². The van der Waals surface area contributed by atoms with Gasteiger partial charge in [-0.05, 0) is 17.7 Å². The fourth-order valence-corrected chi connectivity index (χ4v) is 4.46. The maximum Gasteiger partial charge on any atom is 0.254 e. The fraction of sp³-hybridized carbons (Fsp3) is 0.350. The van der Waals surface area contributed by atoms with Crippen molar-refractivity contribution in [1.82, 2.24) is 14.8 Å². The third kappa shape index (κ3) is 2.33. The summed E-state index contributed by atoms with van der Waals surface area (Å²) in [6, 6.07) is 13.0. The molecule has 1 aromatic carbocycles. The van der Waals surface area contributed by atoms with Gasteiger partial charge in [-0.15, -0.1) is 0 Å². The summed E-state index contributed by atoms with van der Waals surface area (Å²) in [4.78, 5) is 32.4. The van der Waals surface area contributed by atoms with E-state index in [1.54, 1.807) is 41.2 Å². The Hall–Kier alpha value is -2.73. The van der Waals surface area contributed by atoms with E-state index in [-0.39, 0.29) is 30.4 Å². The van der Waals surface area contributed by atoms with Crippen LogP contribution in [0.15, 0.2) is 54.9 Å². The van der Waals surface area contributed by atoms with Crippen LogP contribution in [0.2, 0.25) is 0 Å². The molecule has 6 nitrogen and oxygen atoms in total. The van der Waals surface area contributed by atoms with Crippen molar-refractivity contribution in [2.24, 2.45) is 0 Å². The summed E-state index contributed by atoms with van der Waals surface area (Å²) in [5.41, 5.74) is 1.18. The van der Waals surface area contributed by atoms with Crippen LogP contribution in [-0.2, 0) is 4.79 Å². The lowest BCUT2D eigenvalue weighted by Gasteiger charge is -2.70. The Morgan fingerprint density at radius 2 is 1.81 bits per heavy atom. The molecule has 0 aliphatic carbocycles. The predicted molar refractivity (Wildman–Crippen MR) is 95.4 cm³/mol. The quantitative estimate of drug-likeness (QED) is 0.904. The third-order valence-electron chi connectivity index (χ3n) is 5.64.